The smallest absolute Gasteiger partial charge is 0.252 e. The highest BCUT2D eigenvalue weighted by molar-refractivity contribution is 7.89. The summed E-state index contributed by atoms with van der Waals surface area (Å²) in [4.78, 5) is 16.0. The topological polar surface area (TPSA) is 124 Å². The maximum absolute atomic E-state index is 14.1. The first-order chi connectivity index (χ1) is 17.3. The van der Waals surface area contributed by atoms with Gasteiger partial charge in [0.2, 0.25) is 10.0 Å². The fourth-order valence-corrected chi connectivity index (χ4v) is 6.93. The van der Waals surface area contributed by atoms with Crippen LogP contribution in [0, 0.1) is 6.92 Å². The van der Waals surface area contributed by atoms with Gasteiger partial charge in [-0.15, -0.1) is 0 Å². The predicted molar refractivity (Wildman–Crippen MR) is 136 cm³/mol. The van der Waals surface area contributed by atoms with Crippen LogP contribution in [0.4, 0.5) is 0 Å². The van der Waals surface area contributed by atoms with Crippen molar-refractivity contribution in [2.24, 2.45) is 0 Å². The molecule has 190 valence electrons. The van der Waals surface area contributed by atoms with Crippen LogP contribution in [0.2, 0.25) is 0 Å². The minimum Gasteiger partial charge on any atom is -0.493 e. The molecule has 0 spiro atoms. The van der Waals surface area contributed by atoms with Crippen molar-refractivity contribution in [1.82, 2.24) is 18.0 Å². The van der Waals surface area contributed by atoms with Gasteiger partial charge in [-0.3, -0.25) is 4.79 Å². The zero-order valence-corrected chi connectivity index (χ0v) is 21.7. The summed E-state index contributed by atoms with van der Waals surface area (Å²) in [6.07, 6.45) is 1.36. The monoisotopic (exact) mass is 530 g/mol. The van der Waals surface area contributed by atoms with Crippen LogP contribution in [-0.4, -0.2) is 59.9 Å². The summed E-state index contributed by atoms with van der Waals surface area (Å²) in [6.45, 7) is 2.31. The van der Waals surface area contributed by atoms with Crippen molar-refractivity contribution in [1.29, 1.82) is 0 Å². The number of fused-ring (bicyclic) bond motifs is 2. The third-order valence-electron chi connectivity index (χ3n) is 6.38. The molecule has 5 rings (SSSR count). The van der Waals surface area contributed by atoms with Crippen LogP contribution in [0.25, 0.3) is 21.9 Å². The number of ether oxygens (including phenoxy) is 3. The molecular formula is C24H26N4O6S2. The van der Waals surface area contributed by atoms with E-state index in [9.17, 15) is 13.2 Å². The molecule has 12 heteroatoms. The van der Waals surface area contributed by atoms with Crippen LogP contribution in [0.5, 0.6) is 11.5 Å². The lowest BCUT2D eigenvalue weighted by atomic mass is 10.1. The summed E-state index contributed by atoms with van der Waals surface area (Å²) in [5.74, 6) is 0.988. The minimum absolute atomic E-state index is 0.107. The Balaban J connectivity index is 1.60. The van der Waals surface area contributed by atoms with Gasteiger partial charge in [-0.1, -0.05) is 6.07 Å². The molecule has 1 N–H and O–H groups in total. The summed E-state index contributed by atoms with van der Waals surface area (Å²) in [6, 6.07) is 8.60. The second-order valence-electron chi connectivity index (χ2n) is 8.69. The molecule has 1 unspecified atom stereocenters. The molecular weight excluding hydrogens is 504 g/mol. The molecule has 1 saturated heterocycles. The lowest BCUT2D eigenvalue weighted by Crippen LogP contribution is -2.38. The summed E-state index contributed by atoms with van der Waals surface area (Å²) < 4.78 is 54.4. The maximum Gasteiger partial charge on any atom is 0.252 e. The lowest BCUT2D eigenvalue weighted by molar-refractivity contribution is 0.0925. The zero-order valence-electron chi connectivity index (χ0n) is 20.1. The van der Waals surface area contributed by atoms with Crippen molar-refractivity contribution in [3.8, 4) is 11.5 Å². The van der Waals surface area contributed by atoms with E-state index in [1.165, 1.54) is 18.5 Å². The number of nitrogens with zero attached hydrogens (tertiary/aromatic N) is 3. The van der Waals surface area contributed by atoms with Gasteiger partial charge in [-0.05, 0) is 43.5 Å². The van der Waals surface area contributed by atoms with Gasteiger partial charge < -0.3 is 19.2 Å². The summed E-state index contributed by atoms with van der Waals surface area (Å²) in [5, 5.41) is 0.693. The normalized spacial score (nSPS) is 16.3. The first kappa shape index (κ1) is 24.6. The van der Waals surface area contributed by atoms with Gasteiger partial charge in [0, 0.05) is 36.7 Å². The molecule has 3 heterocycles. The SMILES string of the molecule is COc1cc2cc(CN(CC3CCCO3)S(=O)(=O)c3c(C)ccc4nsnc34)c(=O)[nH]c2cc1OC. The van der Waals surface area contributed by atoms with E-state index in [1.54, 1.807) is 37.3 Å². The van der Waals surface area contributed by atoms with E-state index >= 15 is 0 Å². The Kier molecular flexibility index (Phi) is 6.68. The van der Waals surface area contributed by atoms with Crippen molar-refractivity contribution in [3.05, 3.63) is 51.8 Å². The van der Waals surface area contributed by atoms with Crippen LogP contribution in [0.15, 0.2) is 40.0 Å². The number of benzene rings is 2. The molecule has 0 aliphatic carbocycles. The molecule has 1 fully saturated rings. The first-order valence-electron chi connectivity index (χ1n) is 11.4. The molecule has 10 nitrogen and oxygen atoms in total. The van der Waals surface area contributed by atoms with Gasteiger partial charge in [0.05, 0.1) is 37.6 Å². The number of H-pyrrole nitrogens is 1. The number of sulfonamides is 1. The molecule has 1 aliphatic heterocycles. The Morgan fingerprint density at radius 3 is 2.67 bits per heavy atom. The largest absolute Gasteiger partial charge is 0.493 e. The second kappa shape index (κ2) is 9.77. The molecule has 0 saturated carbocycles. The Hall–Kier alpha value is -3.06. The lowest BCUT2D eigenvalue weighted by Gasteiger charge is -2.25. The molecule has 1 atom stereocenters. The first-order valence-corrected chi connectivity index (χ1v) is 13.6. The number of hydrogen-bond donors (Lipinski definition) is 1. The van der Waals surface area contributed by atoms with Crippen molar-refractivity contribution in [2.45, 2.75) is 37.3 Å². The average molecular weight is 531 g/mol. The highest BCUT2D eigenvalue weighted by atomic mass is 32.2. The number of aromatic nitrogens is 3. The highest BCUT2D eigenvalue weighted by Crippen LogP contribution is 2.32. The molecule has 0 amide bonds. The van der Waals surface area contributed by atoms with Crippen LogP contribution in [0.3, 0.4) is 0 Å². The van der Waals surface area contributed by atoms with Crippen molar-refractivity contribution in [3.63, 3.8) is 0 Å². The highest BCUT2D eigenvalue weighted by Gasteiger charge is 2.33. The number of methoxy groups -OCH3 is 2. The summed E-state index contributed by atoms with van der Waals surface area (Å²) >= 11 is 0.966. The van der Waals surface area contributed by atoms with Crippen LogP contribution < -0.4 is 15.0 Å². The Morgan fingerprint density at radius 1 is 1.17 bits per heavy atom. The Labute approximate surface area is 212 Å². The third kappa shape index (κ3) is 4.45. The number of aromatic amines is 1. The molecule has 36 heavy (non-hydrogen) atoms. The maximum atomic E-state index is 14.1. The van der Waals surface area contributed by atoms with Crippen LogP contribution in [-0.2, 0) is 21.3 Å². The van der Waals surface area contributed by atoms with E-state index in [4.69, 9.17) is 14.2 Å². The van der Waals surface area contributed by atoms with E-state index < -0.39 is 10.0 Å². The number of aryl methyl sites for hydroxylation is 1. The third-order valence-corrected chi connectivity index (χ3v) is 8.91. The van der Waals surface area contributed by atoms with Gasteiger partial charge in [0.25, 0.3) is 5.56 Å². The number of nitrogens with one attached hydrogen (secondary N) is 1. The van der Waals surface area contributed by atoms with Gasteiger partial charge in [-0.2, -0.15) is 13.1 Å². The fraction of sp³-hybridized carbons (Fsp3) is 0.375. The number of hydrogen-bond acceptors (Lipinski definition) is 9. The van der Waals surface area contributed by atoms with Crippen molar-refractivity contribution < 1.29 is 22.6 Å². The quantitative estimate of drug-likeness (QED) is 0.368. The summed E-state index contributed by atoms with van der Waals surface area (Å²) in [5.41, 5.74) is 1.90. The molecule has 2 aromatic heterocycles. The standard InChI is InChI=1S/C24H26N4O6S2/c1-14-6-7-18-22(27-35-26-18)23(14)36(30,31)28(13-17-5-4-8-34-17)12-16-9-15-10-20(32-2)21(33-3)11-19(15)25-24(16)29/h6-7,9-11,17H,4-5,8,12-13H2,1-3H3,(H,25,29). The Morgan fingerprint density at radius 2 is 1.94 bits per heavy atom. The minimum atomic E-state index is -4.05. The summed E-state index contributed by atoms with van der Waals surface area (Å²) in [7, 11) is -0.999. The number of rotatable bonds is 8. The van der Waals surface area contributed by atoms with E-state index in [0.717, 1.165) is 24.6 Å². The number of pyridine rings is 1. The van der Waals surface area contributed by atoms with Gasteiger partial charge in [0.1, 0.15) is 15.9 Å². The van der Waals surface area contributed by atoms with E-state index in [-0.39, 0.29) is 29.6 Å². The van der Waals surface area contributed by atoms with Gasteiger partial charge >= 0.3 is 0 Å². The second-order valence-corrected chi connectivity index (χ2v) is 11.1. The molecule has 0 bridgehead atoms. The van der Waals surface area contributed by atoms with Crippen LogP contribution >= 0.6 is 11.7 Å². The molecule has 4 aromatic rings. The van der Waals surface area contributed by atoms with Crippen molar-refractivity contribution >= 4 is 43.7 Å². The van der Waals surface area contributed by atoms with E-state index in [1.807, 2.05) is 0 Å². The Bertz CT molecular complexity index is 1590. The van der Waals surface area contributed by atoms with Gasteiger partial charge in [0.15, 0.2) is 11.5 Å². The van der Waals surface area contributed by atoms with Crippen LogP contribution in [0.1, 0.15) is 24.0 Å². The molecule has 2 aromatic carbocycles. The average Bonchev–Trinajstić information content (AvgIpc) is 3.55. The molecule has 1 aliphatic rings. The fourth-order valence-electron chi connectivity index (χ4n) is 4.53. The van der Waals surface area contributed by atoms with E-state index in [2.05, 4.69) is 13.7 Å². The molecule has 0 radical (unpaired) electrons. The predicted octanol–water partition coefficient (Wildman–Crippen LogP) is 3.23. The van der Waals surface area contributed by atoms with Crippen molar-refractivity contribution in [2.75, 3.05) is 27.4 Å². The van der Waals surface area contributed by atoms with E-state index in [0.29, 0.717) is 51.2 Å². The zero-order chi connectivity index (χ0) is 25.4. The van der Waals surface area contributed by atoms with Gasteiger partial charge in [-0.25, -0.2) is 8.42 Å².